The van der Waals surface area contributed by atoms with Gasteiger partial charge in [-0.25, -0.2) is 15.0 Å². The van der Waals surface area contributed by atoms with Crippen LogP contribution in [0.5, 0.6) is 0 Å². The van der Waals surface area contributed by atoms with Gasteiger partial charge in [0.25, 0.3) is 0 Å². The van der Waals surface area contributed by atoms with Gasteiger partial charge in [-0.2, -0.15) is 0 Å². The molecule has 11 nitrogen and oxygen atoms in total. The lowest BCUT2D eigenvalue weighted by atomic mass is 10.2. The fourth-order valence-electron chi connectivity index (χ4n) is 3.10. The van der Waals surface area contributed by atoms with Crippen LogP contribution in [-0.2, 0) is 34.4 Å². The van der Waals surface area contributed by atoms with Crippen LogP contribution in [0.15, 0.2) is 12.7 Å². The molecule has 0 fully saturated rings. The van der Waals surface area contributed by atoms with E-state index in [1.165, 1.54) is 6.33 Å². The Morgan fingerprint density at radius 1 is 1.16 bits per heavy atom. The first kappa shape index (κ1) is 26.2. The molecular formula is C20H34N5O6P. The zero-order chi connectivity index (χ0) is 23.4. The average Bonchev–Trinajstić information content (AvgIpc) is 3.16. The summed E-state index contributed by atoms with van der Waals surface area (Å²) >= 11 is 0. The molecule has 180 valence electrons. The van der Waals surface area contributed by atoms with Gasteiger partial charge in [0.2, 0.25) is 0 Å². The third-order valence-corrected chi connectivity index (χ3v) is 6.40. The number of carbonyl (C=O) groups excluding carboxylic acids is 1. The Labute approximate surface area is 188 Å². The van der Waals surface area contributed by atoms with E-state index in [1.54, 1.807) is 24.7 Å². The van der Waals surface area contributed by atoms with Crippen LogP contribution in [0.3, 0.4) is 0 Å². The number of aromatic nitrogens is 4. The Balaban J connectivity index is 2.01. The minimum Gasteiger partial charge on any atom is -0.460 e. The van der Waals surface area contributed by atoms with Crippen LogP contribution in [0.1, 0.15) is 52.9 Å². The molecule has 1 unspecified atom stereocenters. The van der Waals surface area contributed by atoms with E-state index in [-0.39, 0.29) is 38.0 Å². The van der Waals surface area contributed by atoms with Gasteiger partial charge >= 0.3 is 13.6 Å². The first-order chi connectivity index (χ1) is 15.4. The van der Waals surface area contributed by atoms with E-state index in [9.17, 15) is 9.36 Å². The number of esters is 1. The summed E-state index contributed by atoms with van der Waals surface area (Å²) in [6.07, 6.45) is 5.81. The quantitative estimate of drug-likeness (QED) is 0.219. The molecule has 0 saturated heterocycles. The first-order valence-electron chi connectivity index (χ1n) is 11.0. The molecule has 2 aromatic rings. The van der Waals surface area contributed by atoms with Gasteiger partial charge in [-0.05, 0) is 20.3 Å². The predicted octanol–water partition coefficient (Wildman–Crippen LogP) is 3.53. The molecule has 2 heterocycles. The zero-order valence-corrected chi connectivity index (χ0v) is 20.0. The van der Waals surface area contributed by atoms with Crippen molar-refractivity contribution in [2.45, 2.75) is 65.5 Å². The van der Waals surface area contributed by atoms with Gasteiger partial charge in [0.05, 0.1) is 32.7 Å². The van der Waals surface area contributed by atoms with Crippen molar-refractivity contribution in [3.05, 3.63) is 12.7 Å². The highest BCUT2D eigenvalue weighted by atomic mass is 31.2. The summed E-state index contributed by atoms with van der Waals surface area (Å²) in [5.41, 5.74) is 6.90. The Morgan fingerprint density at radius 2 is 1.91 bits per heavy atom. The summed E-state index contributed by atoms with van der Waals surface area (Å²) in [6.45, 7) is 6.61. The standard InChI is InChI=1S/C20H34N5O6P/c1-4-7-8-9-17(26)31-16(10-11-28-15-32(27,29-5-2)30-6-3)12-25-14-24-18-19(21)22-13-23-20(18)25/h13-14,16H,4-12,15H2,1-3H3,(H2,21,22,23). The molecule has 0 aliphatic carbocycles. The minimum absolute atomic E-state index is 0.163. The summed E-state index contributed by atoms with van der Waals surface area (Å²) in [4.78, 5) is 24.7. The highest BCUT2D eigenvalue weighted by Crippen LogP contribution is 2.47. The van der Waals surface area contributed by atoms with Crippen LogP contribution in [0, 0.1) is 0 Å². The molecule has 0 saturated carbocycles. The molecule has 2 N–H and O–H groups in total. The van der Waals surface area contributed by atoms with Gasteiger partial charge in [0, 0.05) is 12.8 Å². The summed E-state index contributed by atoms with van der Waals surface area (Å²) < 4.78 is 36.0. The lowest BCUT2D eigenvalue weighted by molar-refractivity contribution is -0.150. The minimum atomic E-state index is -3.30. The molecule has 0 amide bonds. The van der Waals surface area contributed by atoms with Gasteiger partial charge < -0.3 is 28.8 Å². The molecular weight excluding hydrogens is 437 g/mol. The van der Waals surface area contributed by atoms with Crippen LogP contribution in [0.4, 0.5) is 5.82 Å². The fourth-order valence-corrected chi connectivity index (χ4v) is 4.46. The van der Waals surface area contributed by atoms with Gasteiger partial charge in [0.1, 0.15) is 24.3 Å². The molecule has 0 aliphatic heterocycles. The average molecular weight is 471 g/mol. The maximum Gasteiger partial charge on any atom is 0.356 e. The van der Waals surface area contributed by atoms with Gasteiger partial charge in [-0.3, -0.25) is 9.36 Å². The van der Waals surface area contributed by atoms with Gasteiger partial charge in [0.15, 0.2) is 11.5 Å². The highest BCUT2D eigenvalue weighted by Gasteiger charge is 2.24. The van der Waals surface area contributed by atoms with Crippen LogP contribution >= 0.6 is 7.60 Å². The number of imidazole rings is 1. The molecule has 12 heteroatoms. The number of nitrogen functional groups attached to an aromatic ring is 1. The summed E-state index contributed by atoms with van der Waals surface area (Å²) in [5, 5.41) is 0. The van der Waals surface area contributed by atoms with E-state index in [0.717, 1.165) is 19.3 Å². The fraction of sp³-hybridized carbons (Fsp3) is 0.700. The summed E-state index contributed by atoms with van der Waals surface area (Å²) in [7, 11) is -3.30. The summed E-state index contributed by atoms with van der Waals surface area (Å²) in [5.74, 6) is 0.0177. The van der Waals surface area contributed by atoms with Crippen molar-refractivity contribution in [2.24, 2.45) is 0 Å². The van der Waals surface area contributed by atoms with E-state index >= 15 is 0 Å². The molecule has 32 heavy (non-hydrogen) atoms. The SMILES string of the molecule is CCCCCC(=O)OC(CCOCP(=O)(OCC)OCC)Cn1cnc2c(N)ncnc21. The van der Waals surface area contributed by atoms with Crippen LogP contribution < -0.4 is 5.73 Å². The van der Waals surface area contributed by atoms with Crippen molar-refractivity contribution in [2.75, 3.05) is 31.9 Å². The lowest BCUT2D eigenvalue weighted by Gasteiger charge is -2.20. The monoisotopic (exact) mass is 471 g/mol. The molecule has 0 aliphatic rings. The van der Waals surface area contributed by atoms with Gasteiger partial charge in [-0.1, -0.05) is 19.8 Å². The second kappa shape index (κ2) is 13.5. The van der Waals surface area contributed by atoms with Crippen LogP contribution in [0.25, 0.3) is 11.2 Å². The molecule has 1 atom stereocenters. The van der Waals surface area contributed by atoms with Crippen molar-refractivity contribution in [3.63, 3.8) is 0 Å². The number of fused-ring (bicyclic) bond motifs is 1. The Morgan fingerprint density at radius 3 is 2.59 bits per heavy atom. The highest BCUT2D eigenvalue weighted by molar-refractivity contribution is 7.53. The number of unbranched alkanes of at least 4 members (excludes halogenated alkanes) is 2. The van der Waals surface area contributed by atoms with Crippen molar-refractivity contribution in [1.82, 2.24) is 19.5 Å². The molecule has 0 aromatic carbocycles. The number of nitrogens with zero attached hydrogens (tertiary/aromatic N) is 4. The maximum absolute atomic E-state index is 12.5. The second-order valence-electron chi connectivity index (χ2n) is 7.17. The number of hydrogen-bond donors (Lipinski definition) is 1. The van der Waals surface area contributed by atoms with Crippen LogP contribution in [-0.4, -0.2) is 57.8 Å². The zero-order valence-electron chi connectivity index (χ0n) is 19.1. The number of hydrogen-bond acceptors (Lipinski definition) is 10. The number of ether oxygens (including phenoxy) is 2. The molecule has 0 radical (unpaired) electrons. The third-order valence-electron chi connectivity index (χ3n) is 4.60. The predicted molar refractivity (Wildman–Crippen MR) is 120 cm³/mol. The topological polar surface area (TPSA) is 141 Å². The largest absolute Gasteiger partial charge is 0.460 e. The van der Waals surface area contributed by atoms with Crippen molar-refractivity contribution >= 4 is 30.5 Å². The van der Waals surface area contributed by atoms with E-state index in [0.29, 0.717) is 30.6 Å². The van der Waals surface area contributed by atoms with E-state index in [1.807, 2.05) is 0 Å². The molecule has 2 aromatic heterocycles. The molecule has 2 rings (SSSR count). The normalized spacial score (nSPS) is 12.8. The third kappa shape index (κ3) is 8.12. The maximum atomic E-state index is 12.5. The van der Waals surface area contributed by atoms with Crippen molar-refractivity contribution in [3.8, 4) is 0 Å². The Bertz CT molecular complexity index is 882. The lowest BCUT2D eigenvalue weighted by Crippen LogP contribution is -2.25. The van der Waals surface area contributed by atoms with Crippen LogP contribution in [0.2, 0.25) is 0 Å². The number of anilines is 1. The second-order valence-corrected chi connectivity index (χ2v) is 9.17. The molecule has 0 bridgehead atoms. The van der Waals surface area contributed by atoms with Gasteiger partial charge in [-0.15, -0.1) is 0 Å². The number of carbonyl (C=O) groups is 1. The smallest absolute Gasteiger partial charge is 0.356 e. The summed E-state index contributed by atoms with van der Waals surface area (Å²) in [6, 6.07) is 0. The Hall–Kier alpha value is -2.07. The number of rotatable bonds is 16. The van der Waals surface area contributed by atoms with Crippen molar-refractivity contribution in [1.29, 1.82) is 0 Å². The van der Waals surface area contributed by atoms with E-state index in [2.05, 4.69) is 21.9 Å². The van der Waals surface area contributed by atoms with E-state index in [4.69, 9.17) is 24.3 Å². The van der Waals surface area contributed by atoms with E-state index < -0.39 is 13.7 Å². The van der Waals surface area contributed by atoms with Crippen molar-refractivity contribution < 1.29 is 27.9 Å². The molecule has 0 spiro atoms. The number of nitrogens with two attached hydrogens (primary N) is 1. The first-order valence-corrected chi connectivity index (χ1v) is 12.7. The Kier molecular flexibility index (Phi) is 11.0.